The highest BCUT2D eigenvalue weighted by atomic mass is 31.1. The molecule has 0 aliphatic carbocycles. The zero-order valence-electron chi connectivity index (χ0n) is 18.3. The van der Waals surface area contributed by atoms with E-state index in [9.17, 15) is 9.59 Å². The number of amides is 2. The average Bonchev–Trinajstić information content (AvgIpc) is 2.83. The highest BCUT2D eigenvalue weighted by Crippen LogP contribution is 2.25. The first-order valence-electron chi connectivity index (χ1n) is 10.8. The molecule has 1 saturated heterocycles. The van der Waals surface area contributed by atoms with Crippen LogP contribution in [0.1, 0.15) is 23.6 Å². The first kappa shape index (κ1) is 22.4. The van der Waals surface area contributed by atoms with E-state index >= 15 is 0 Å². The number of cyclic esters (lactones) is 1. The summed E-state index contributed by atoms with van der Waals surface area (Å²) >= 11 is 0. The van der Waals surface area contributed by atoms with Crippen LogP contribution in [0.2, 0.25) is 0 Å². The van der Waals surface area contributed by atoms with Crippen molar-refractivity contribution in [3.05, 3.63) is 59.8 Å². The number of benzene rings is 1. The van der Waals surface area contributed by atoms with Crippen LogP contribution >= 0.6 is 8.58 Å². The number of carbonyl (C=O) groups is 2. The highest BCUT2D eigenvalue weighted by Gasteiger charge is 2.26. The molecule has 1 fully saturated rings. The molecule has 2 aliphatic heterocycles. The van der Waals surface area contributed by atoms with Gasteiger partial charge in [0.05, 0.1) is 5.56 Å². The van der Waals surface area contributed by atoms with Crippen LogP contribution in [-0.2, 0) is 28.8 Å². The van der Waals surface area contributed by atoms with E-state index in [0.29, 0.717) is 20.9 Å². The first-order valence-corrected chi connectivity index (χ1v) is 12.0. The predicted molar refractivity (Wildman–Crippen MR) is 125 cm³/mol. The lowest BCUT2D eigenvalue weighted by Crippen LogP contribution is -2.47. The first-order chi connectivity index (χ1) is 15.6. The van der Waals surface area contributed by atoms with Gasteiger partial charge in [-0.15, -0.1) is 0 Å². The molecular weight excluding hydrogens is 425 g/mol. The van der Waals surface area contributed by atoms with Gasteiger partial charge in [0.15, 0.2) is 0 Å². The number of rotatable bonds is 7. The molecule has 1 unspecified atom stereocenters. The van der Waals surface area contributed by atoms with E-state index in [-0.39, 0.29) is 18.6 Å². The topological polar surface area (TPSA) is 78.9 Å². The van der Waals surface area contributed by atoms with Crippen LogP contribution in [0.5, 0.6) is 0 Å². The Bertz CT molecular complexity index is 990. The number of hydrogen-bond acceptors (Lipinski definition) is 6. The lowest BCUT2D eigenvalue weighted by atomic mass is 10.1. The maximum Gasteiger partial charge on any atom is 0.415 e. The zero-order valence-corrected chi connectivity index (χ0v) is 19.3. The monoisotopic (exact) mass is 453 g/mol. The maximum atomic E-state index is 11.9. The second-order valence-electron chi connectivity index (χ2n) is 7.82. The standard InChI is InChI=1S/C23H28N5O3P/c1-3-20(29)27-11-9-26(10-12-27)14-17-5-7-18(8-6-17)16-32-22-24-13-19-15-31-23(30)28(4-2)21(19)25-22/h3,5-8,13,32H,1,4,9-12,14-16H2,2H3. The molecule has 9 heteroatoms. The van der Waals surface area contributed by atoms with Crippen molar-refractivity contribution in [3.63, 3.8) is 0 Å². The molecule has 2 aliphatic rings. The summed E-state index contributed by atoms with van der Waals surface area (Å²) in [6, 6.07) is 8.66. The molecule has 3 heterocycles. The number of carbonyl (C=O) groups excluding carboxylic acids is 2. The molecule has 0 N–H and O–H groups in total. The molecule has 0 saturated carbocycles. The van der Waals surface area contributed by atoms with Crippen LogP contribution in [0, 0.1) is 0 Å². The summed E-state index contributed by atoms with van der Waals surface area (Å²) in [6.45, 7) is 10.4. The summed E-state index contributed by atoms with van der Waals surface area (Å²) in [5, 5.41) is 0. The number of hydrogen-bond donors (Lipinski definition) is 0. The third-order valence-corrected chi connectivity index (χ3v) is 6.87. The number of nitrogens with zero attached hydrogens (tertiary/aromatic N) is 5. The quantitative estimate of drug-likeness (QED) is 0.473. The molecular formula is C23H28N5O3P. The van der Waals surface area contributed by atoms with E-state index < -0.39 is 0 Å². The minimum Gasteiger partial charge on any atom is -0.444 e. The predicted octanol–water partition coefficient (Wildman–Crippen LogP) is 2.29. The SMILES string of the molecule is C=CC(=O)N1CCN(Cc2ccc(CPc3ncc4c(n3)N(CC)C(=O)OC4)cc2)CC1. The summed E-state index contributed by atoms with van der Waals surface area (Å²) in [7, 11) is 0.426. The maximum absolute atomic E-state index is 11.9. The molecule has 2 aromatic rings. The molecule has 32 heavy (non-hydrogen) atoms. The molecule has 1 atom stereocenters. The summed E-state index contributed by atoms with van der Waals surface area (Å²) in [6.07, 6.45) is 3.67. The van der Waals surface area contributed by atoms with Crippen LogP contribution < -0.4 is 10.5 Å². The second kappa shape index (κ2) is 10.2. The van der Waals surface area contributed by atoms with Gasteiger partial charge in [0.2, 0.25) is 5.91 Å². The number of ether oxygens (including phenoxy) is 1. The Hall–Kier alpha value is -2.83. The molecule has 0 bridgehead atoms. The lowest BCUT2D eigenvalue weighted by molar-refractivity contribution is -0.127. The molecule has 2 amide bonds. The third kappa shape index (κ3) is 5.14. The van der Waals surface area contributed by atoms with Gasteiger partial charge in [0.25, 0.3) is 0 Å². The van der Waals surface area contributed by atoms with Gasteiger partial charge in [0.1, 0.15) is 18.0 Å². The van der Waals surface area contributed by atoms with Gasteiger partial charge in [-0.1, -0.05) is 30.8 Å². The summed E-state index contributed by atoms with van der Waals surface area (Å²) in [4.78, 5) is 38.5. The van der Waals surface area contributed by atoms with Crippen molar-refractivity contribution in [1.82, 2.24) is 19.8 Å². The zero-order chi connectivity index (χ0) is 22.5. The van der Waals surface area contributed by atoms with Crippen LogP contribution in [0.15, 0.2) is 43.1 Å². The van der Waals surface area contributed by atoms with Crippen LogP contribution in [0.3, 0.4) is 0 Å². The Morgan fingerprint density at radius 1 is 1.19 bits per heavy atom. The van der Waals surface area contributed by atoms with Crippen LogP contribution in [0.4, 0.5) is 10.6 Å². The van der Waals surface area contributed by atoms with E-state index in [0.717, 1.165) is 50.0 Å². The molecule has 1 aromatic heterocycles. The van der Waals surface area contributed by atoms with Crippen molar-refractivity contribution in [2.24, 2.45) is 0 Å². The number of piperazine rings is 1. The fourth-order valence-electron chi connectivity index (χ4n) is 3.86. The molecule has 0 spiro atoms. The van der Waals surface area contributed by atoms with E-state index in [1.54, 1.807) is 11.1 Å². The Balaban J connectivity index is 1.30. The minimum atomic E-state index is -0.350. The van der Waals surface area contributed by atoms with Gasteiger partial charge < -0.3 is 9.64 Å². The normalized spacial score (nSPS) is 16.8. The fourth-order valence-corrected chi connectivity index (χ4v) is 4.80. The van der Waals surface area contributed by atoms with Gasteiger partial charge in [-0.25, -0.2) is 14.8 Å². The lowest BCUT2D eigenvalue weighted by Gasteiger charge is -2.34. The largest absolute Gasteiger partial charge is 0.444 e. The van der Waals surface area contributed by atoms with Crippen molar-refractivity contribution in [2.45, 2.75) is 26.2 Å². The van der Waals surface area contributed by atoms with E-state index in [1.807, 2.05) is 11.8 Å². The van der Waals surface area contributed by atoms with Crippen LogP contribution in [-0.4, -0.2) is 64.5 Å². The van der Waals surface area contributed by atoms with Gasteiger partial charge >= 0.3 is 6.09 Å². The van der Waals surface area contributed by atoms with Crippen molar-refractivity contribution in [2.75, 3.05) is 37.6 Å². The van der Waals surface area contributed by atoms with Gasteiger partial charge in [-0.2, -0.15) is 0 Å². The van der Waals surface area contributed by atoms with E-state index in [2.05, 4.69) is 45.7 Å². The second-order valence-corrected chi connectivity index (χ2v) is 8.97. The Labute approximate surface area is 190 Å². The van der Waals surface area contributed by atoms with Crippen molar-refractivity contribution in [1.29, 1.82) is 0 Å². The molecule has 8 nitrogen and oxygen atoms in total. The average molecular weight is 453 g/mol. The Morgan fingerprint density at radius 2 is 1.91 bits per heavy atom. The summed E-state index contributed by atoms with van der Waals surface area (Å²) in [5.74, 6) is 0.687. The Kier molecular flexibility index (Phi) is 7.12. The molecule has 168 valence electrons. The highest BCUT2D eigenvalue weighted by molar-refractivity contribution is 7.45. The van der Waals surface area contributed by atoms with Crippen molar-refractivity contribution >= 4 is 32.0 Å². The van der Waals surface area contributed by atoms with Crippen molar-refractivity contribution in [3.8, 4) is 0 Å². The van der Waals surface area contributed by atoms with Crippen LogP contribution in [0.25, 0.3) is 0 Å². The smallest absolute Gasteiger partial charge is 0.415 e. The third-order valence-electron chi connectivity index (χ3n) is 5.72. The number of anilines is 1. The van der Waals surface area contributed by atoms with Gasteiger partial charge in [0, 0.05) is 45.5 Å². The molecule has 4 rings (SSSR count). The molecule has 0 radical (unpaired) electrons. The fraction of sp³-hybridized carbons (Fsp3) is 0.391. The summed E-state index contributed by atoms with van der Waals surface area (Å²) in [5.41, 5.74) is 4.11. The van der Waals surface area contributed by atoms with E-state index in [1.165, 1.54) is 17.2 Å². The Morgan fingerprint density at radius 3 is 2.59 bits per heavy atom. The summed E-state index contributed by atoms with van der Waals surface area (Å²) < 4.78 is 5.15. The minimum absolute atomic E-state index is 0.0140. The number of aromatic nitrogens is 2. The van der Waals surface area contributed by atoms with Gasteiger partial charge in [-0.05, 0) is 38.9 Å². The van der Waals surface area contributed by atoms with Crippen molar-refractivity contribution < 1.29 is 14.3 Å². The van der Waals surface area contributed by atoms with E-state index in [4.69, 9.17) is 4.74 Å². The number of fused-ring (bicyclic) bond motifs is 1. The van der Waals surface area contributed by atoms with Gasteiger partial charge in [-0.3, -0.25) is 14.6 Å². The molecule has 1 aromatic carbocycles.